The molecule has 2 heterocycles. The third-order valence-electron chi connectivity index (χ3n) is 4.58. The van der Waals surface area contributed by atoms with Crippen molar-refractivity contribution in [3.63, 3.8) is 0 Å². The molecule has 0 saturated carbocycles. The van der Waals surface area contributed by atoms with Gasteiger partial charge in [0.25, 0.3) is 0 Å². The smallest absolute Gasteiger partial charge is 0.194 e. The predicted molar refractivity (Wildman–Crippen MR) is 98.4 cm³/mol. The van der Waals surface area contributed by atoms with Crippen molar-refractivity contribution in [2.45, 2.75) is 52.4 Å². The molecule has 2 N–H and O–H groups in total. The lowest BCUT2D eigenvalue weighted by molar-refractivity contribution is 0.188. The van der Waals surface area contributed by atoms with E-state index in [2.05, 4.69) is 36.2 Å². The third-order valence-corrected chi connectivity index (χ3v) is 4.58. The van der Waals surface area contributed by atoms with Gasteiger partial charge in [-0.05, 0) is 39.3 Å². The Morgan fingerprint density at radius 1 is 1.44 bits per heavy atom. The average molecular weight is 347 g/mol. The molecule has 1 fully saturated rings. The van der Waals surface area contributed by atoms with Gasteiger partial charge >= 0.3 is 0 Å². The maximum atomic E-state index is 9.79. The molecule has 1 unspecified atom stereocenters. The van der Waals surface area contributed by atoms with E-state index in [4.69, 9.17) is 14.5 Å². The molecule has 3 rings (SSSR count). The molecule has 2 aliphatic heterocycles. The second-order valence-electron chi connectivity index (χ2n) is 6.69. The number of rotatable bonds is 5. The molecular formula is C19H29N3O3. The lowest BCUT2D eigenvalue weighted by Crippen LogP contribution is -2.40. The molecule has 0 amide bonds. The first-order valence-corrected chi connectivity index (χ1v) is 9.27. The molecule has 0 bridgehead atoms. The van der Waals surface area contributed by atoms with Crippen molar-refractivity contribution in [3.05, 3.63) is 23.3 Å². The van der Waals surface area contributed by atoms with E-state index in [1.54, 1.807) is 0 Å². The summed E-state index contributed by atoms with van der Waals surface area (Å²) in [5.41, 5.74) is 2.24. The molecule has 1 aromatic rings. The van der Waals surface area contributed by atoms with Gasteiger partial charge in [-0.25, -0.2) is 4.99 Å². The topological polar surface area (TPSA) is 66.3 Å². The molecule has 0 aliphatic carbocycles. The Morgan fingerprint density at radius 2 is 2.28 bits per heavy atom. The molecule has 138 valence electrons. The van der Waals surface area contributed by atoms with Crippen LogP contribution >= 0.6 is 0 Å². The second kappa shape index (κ2) is 7.95. The van der Waals surface area contributed by atoms with Crippen molar-refractivity contribution in [3.8, 4) is 11.5 Å². The van der Waals surface area contributed by atoms with Gasteiger partial charge in [-0.3, -0.25) is 0 Å². The Hall–Kier alpha value is -1.95. The van der Waals surface area contributed by atoms with Crippen molar-refractivity contribution in [2.24, 2.45) is 4.99 Å². The van der Waals surface area contributed by atoms with Crippen LogP contribution in [0.3, 0.4) is 0 Å². The fourth-order valence-electron chi connectivity index (χ4n) is 3.41. The quantitative estimate of drug-likeness (QED) is 0.629. The number of nitrogens with zero attached hydrogens (tertiary/aromatic N) is 2. The van der Waals surface area contributed by atoms with E-state index in [0.717, 1.165) is 49.0 Å². The maximum absolute atomic E-state index is 9.79. The number of aliphatic imine (C=N–C) groups is 1. The van der Waals surface area contributed by atoms with Crippen LogP contribution in [0.5, 0.6) is 11.5 Å². The number of benzene rings is 1. The normalized spacial score (nSPS) is 22.7. The zero-order chi connectivity index (χ0) is 17.8. The van der Waals surface area contributed by atoms with Gasteiger partial charge in [-0.2, -0.15) is 0 Å². The standard InChI is InChI=1S/C19H29N3O3/c1-4-20-19(22-7-6-16(23)12-22)21-11-15-10-18-14(8-13(3)25-18)9-17(15)24-5-2/h9-10,13,16,23H,4-8,11-12H2,1-3H3,(H,20,21)/t13?,16-/m1/s1. The van der Waals surface area contributed by atoms with Crippen molar-refractivity contribution in [1.29, 1.82) is 0 Å². The first-order valence-electron chi connectivity index (χ1n) is 9.27. The summed E-state index contributed by atoms with van der Waals surface area (Å²) in [5, 5.41) is 13.1. The highest BCUT2D eigenvalue weighted by Crippen LogP contribution is 2.35. The number of hydrogen-bond acceptors (Lipinski definition) is 4. The summed E-state index contributed by atoms with van der Waals surface area (Å²) in [5.74, 6) is 2.68. The number of nitrogens with one attached hydrogen (secondary N) is 1. The monoisotopic (exact) mass is 347 g/mol. The Labute approximate surface area is 149 Å². The van der Waals surface area contributed by atoms with Gasteiger partial charge < -0.3 is 24.8 Å². The van der Waals surface area contributed by atoms with Crippen LogP contribution in [0.2, 0.25) is 0 Å². The van der Waals surface area contributed by atoms with Crippen LogP contribution in [0.4, 0.5) is 0 Å². The van der Waals surface area contributed by atoms with Crippen LogP contribution in [-0.4, -0.2) is 54.4 Å². The molecule has 0 aromatic heterocycles. The lowest BCUT2D eigenvalue weighted by Gasteiger charge is -2.21. The SMILES string of the molecule is CCNC(=NCc1cc2c(cc1OCC)CC(C)O2)N1CC[C@@H](O)C1. The summed E-state index contributed by atoms with van der Waals surface area (Å²) in [6.07, 6.45) is 1.66. The predicted octanol–water partition coefficient (Wildman–Crippen LogP) is 1.94. The fraction of sp³-hybridized carbons (Fsp3) is 0.632. The number of β-amino-alcohol motifs (C(OH)–C–C–N with tert-alkyl or cyclic N) is 1. The lowest BCUT2D eigenvalue weighted by atomic mass is 10.1. The van der Waals surface area contributed by atoms with Gasteiger partial charge in [-0.15, -0.1) is 0 Å². The van der Waals surface area contributed by atoms with Crippen LogP contribution in [0, 0.1) is 0 Å². The van der Waals surface area contributed by atoms with Crippen LogP contribution in [0.1, 0.15) is 38.3 Å². The Balaban J connectivity index is 1.81. The van der Waals surface area contributed by atoms with E-state index in [0.29, 0.717) is 19.7 Å². The summed E-state index contributed by atoms with van der Waals surface area (Å²) in [6, 6.07) is 4.16. The van der Waals surface area contributed by atoms with Crippen LogP contribution in [0.25, 0.3) is 0 Å². The van der Waals surface area contributed by atoms with E-state index >= 15 is 0 Å². The van der Waals surface area contributed by atoms with E-state index in [-0.39, 0.29) is 12.2 Å². The molecule has 1 saturated heterocycles. The minimum Gasteiger partial charge on any atom is -0.494 e. The number of ether oxygens (including phenoxy) is 2. The summed E-state index contributed by atoms with van der Waals surface area (Å²) in [6.45, 7) is 9.55. The van der Waals surface area contributed by atoms with Crippen LogP contribution in [-0.2, 0) is 13.0 Å². The molecule has 2 atom stereocenters. The minimum absolute atomic E-state index is 0.214. The van der Waals surface area contributed by atoms with Gasteiger partial charge in [0.05, 0.1) is 19.3 Å². The fourth-order valence-corrected chi connectivity index (χ4v) is 3.41. The Bertz CT molecular complexity index is 633. The van der Waals surface area contributed by atoms with Gasteiger partial charge in [0.15, 0.2) is 5.96 Å². The van der Waals surface area contributed by atoms with E-state index in [9.17, 15) is 5.11 Å². The Kier molecular flexibility index (Phi) is 5.68. The van der Waals surface area contributed by atoms with E-state index in [1.807, 2.05) is 6.92 Å². The second-order valence-corrected chi connectivity index (χ2v) is 6.69. The molecule has 0 radical (unpaired) electrons. The third kappa shape index (κ3) is 4.18. The molecule has 6 nitrogen and oxygen atoms in total. The van der Waals surface area contributed by atoms with Crippen molar-refractivity contribution in [2.75, 3.05) is 26.2 Å². The highest BCUT2D eigenvalue weighted by Gasteiger charge is 2.24. The zero-order valence-corrected chi connectivity index (χ0v) is 15.4. The van der Waals surface area contributed by atoms with Crippen LogP contribution < -0.4 is 14.8 Å². The molecule has 6 heteroatoms. The first-order chi connectivity index (χ1) is 12.1. The first kappa shape index (κ1) is 17.9. The molecule has 25 heavy (non-hydrogen) atoms. The van der Waals surface area contributed by atoms with Gasteiger partial charge in [-0.1, -0.05) is 0 Å². The molecule has 0 spiro atoms. The largest absolute Gasteiger partial charge is 0.494 e. The molecular weight excluding hydrogens is 318 g/mol. The maximum Gasteiger partial charge on any atom is 0.194 e. The van der Waals surface area contributed by atoms with Crippen molar-refractivity contribution >= 4 is 5.96 Å². The highest BCUT2D eigenvalue weighted by molar-refractivity contribution is 5.80. The minimum atomic E-state index is -0.266. The molecule has 2 aliphatic rings. The Morgan fingerprint density at radius 3 is 2.96 bits per heavy atom. The number of fused-ring (bicyclic) bond motifs is 1. The van der Waals surface area contributed by atoms with Crippen molar-refractivity contribution in [1.82, 2.24) is 10.2 Å². The summed E-state index contributed by atoms with van der Waals surface area (Å²) >= 11 is 0. The number of hydrogen-bond donors (Lipinski definition) is 2. The number of aliphatic hydroxyl groups is 1. The molecule has 1 aromatic carbocycles. The summed E-state index contributed by atoms with van der Waals surface area (Å²) in [4.78, 5) is 6.88. The van der Waals surface area contributed by atoms with Gasteiger partial charge in [0, 0.05) is 37.2 Å². The van der Waals surface area contributed by atoms with Gasteiger partial charge in [0.2, 0.25) is 0 Å². The average Bonchev–Trinajstić information content (AvgIpc) is 3.16. The number of guanidine groups is 1. The summed E-state index contributed by atoms with van der Waals surface area (Å²) in [7, 11) is 0. The van der Waals surface area contributed by atoms with E-state index < -0.39 is 0 Å². The number of likely N-dealkylation sites (tertiary alicyclic amines) is 1. The number of aliphatic hydroxyl groups excluding tert-OH is 1. The highest BCUT2D eigenvalue weighted by atomic mass is 16.5. The van der Waals surface area contributed by atoms with Crippen molar-refractivity contribution < 1.29 is 14.6 Å². The summed E-state index contributed by atoms with van der Waals surface area (Å²) < 4.78 is 11.7. The van der Waals surface area contributed by atoms with Gasteiger partial charge in [0.1, 0.15) is 17.6 Å². The van der Waals surface area contributed by atoms with Crippen LogP contribution in [0.15, 0.2) is 17.1 Å². The zero-order valence-electron chi connectivity index (χ0n) is 15.4. The van der Waals surface area contributed by atoms with E-state index in [1.165, 1.54) is 5.56 Å².